The molecular weight excluding hydrogens is 411 g/mol. The Morgan fingerprint density at radius 3 is 2.68 bits per heavy atom. The number of likely N-dealkylation sites (tertiary alicyclic amines) is 1. The molecule has 0 aromatic carbocycles. The molecule has 2 aliphatic rings. The van der Waals surface area contributed by atoms with Gasteiger partial charge in [-0.3, -0.25) is 4.99 Å². The largest absolute Gasteiger partial charge is 0.387 e. The average Bonchev–Trinajstić information content (AvgIpc) is 2.93. The summed E-state index contributed by atoms with van der Waals surface area (Å²) in [5.41, 5.74) is -0.597. The molecule has 0 bridgehead atoms. The van der Waals surface area contributed by atoms with E-state index in [1.54, 1.807) is 0 Å². The number of halogens is 1. The normalized spacial score (nSPS) is 26.5. The van der Waals surface area contributed by atoms with Crippen LogP contribution in [0.5, 0.6) is 0 Å². The van der Waals surface area contributed by atoms with E-state index in [0.29, 0.717) is 6.54 Å². The first-order valence-electron chi connectivity index (χ1n) is 8.26. The smallest absolute Gasteiger partial charge is 0.191 e. The third kappa shape index (κ3) is 7.23. The van der Waals surface area contributed by atoms with Gasteiger partial charge in [-0.25, -0.2) is 0 Å². The highest BCUT2D eigenvalue weighted by molar-refractivity contribution is 14.0. The molecule has 2 rings (SSSR count). The van der Waals surface area contributed by atoms with Crippen LogP contribution in [0.15, 0.2) is 4.99 Å². The lowest BCUT2D eigenvalue weighted by Crippen LogP contribution is -2.43. The molecule has 7 heteroatoms. The SMILES string of the molecule is CCNC(=NCC1(O)CCSC1)NCCN1CCCCC1.I. The highest BCUT2D eigenvalue weighted by Crippen LogP contribution is 2.27. The van der Waals surface area contributed by atoms with Gasteiger partial charge in [0, 0.05) is 25.4 Å². The topological polar surface area (TPSA) is 59.9 Å². The van der Waals surface area contributed by atoms with Gasteiger partial charge in [-0.2, -0.15) is 11.8 Å². The molecule has 0 radical (unpaired) electrons. The van der Waals surface area contributed by atoms with Crippen LogP contribution < -0.4 is 10.6 Å². The number of nitrogens with zero attached hydrogens (tertiary/aromatic N) is 2. The number of hydrogen-bond acceptors (Lipinski definition) is 4. The van der Waals surface area contributed by atoms with Crippen LogP contribution in [0.25, 0.3) is 0 Å². The fraction of sp³-hybridized carbons (Fsp3) is 0.933. The number of piperidine rings is 1. The van der Waals surface area contributed by atoms with E-state index >= 15 is 0 Å². The standard InChI is InChI=1S/C15H30N4OS.HI/c1-2-16-14(18-12-15(20)6-11-21-13-15)17-7-10-19-8-4-3-5-9-19;/h20H,2-13H2,1H3,(H2,16,17,18);1H. The number of thioether (sulfide) groups is 1. The van der Waals surface area contributed by atoms with Gasteiger partial charge in [0.2, 0.25) is 0 Å². The molecule has 0 spiro atoms. The van der Waals surface area contributed by atoms with Crippen molar-refractivity contribution in [1.82, 2.24) is 15.5 Å². The first kappa shape index (κ1) is 20.3. The summed E-state index contributed by atoms with van der Waals surface area (Å²) in [5, 5.41) is 17.0. The maximum atomic E-state index is 10.3. The van der Waals surface area contributed by atoms with Gasteiger partial charge in [-0.15, -0.1) is 24.0 Å². The van der Waals surface area contributed by atoms with Crippen molar-refractivity contribution in [2.75, 3.05) is 50.8 Å². The zero-order chi connectivity index (χ0) is 15.0. The van der Waals surface area contributed by atoms with E-state index in [1.165, 1.54) is 32.4 Å². The van der Waals surface area contributed by atoms with Crippen LogP contribution >= 0.6 is 35.7 Å². The second-order valence-electron chi connectivity index (χ2n) is 6.05. The maximum Gasteiger partial charge on any atom is 0.191 e. The Balaban J connectivity index is 0.00000242. The van der Waals surface area contributed by atoms with Gasteiger partial charge in [0.1, 0.15) is 0 Å². The van der Waals surface area contributed by atoms with Crippen molar-refractivity contribution in [3.63, 3.8) is 0 Å². The molecule has 1 unspecified atom stereocenters. The molecule has 0 saturated carbocycles. The van der Waals surface area contributed by atoms with Crippen molar-refractivity contribution in [2.24, 2.45) is 4.99 Å². The van der Waals surface area contributed by atoms with Crippen LogP contribution in [0.1, 0.15) is 32.6 Å². The summed E-state index contributed by atoms with van der Waals surface area (Å²) in [6.07, 6.45) is 4.90. The molecule has 2 heterocycles. The molecule has 2 saturated heterocycles. The van der Waals surface area contributed by atoms with Crippen molar-refractivity contribution < 1.29 is 5.11 Å². The Kier molecular flexibility index (Phi) is 10.1. The van der Waals surface area contributed by atoms with Crippen molar-refractivity contribution in [3.05, 3.63) is 0 Å². The van der Waals surface area contributed by atoms with E-state index < -0.39 is 5.60 Å². The highest BCUT2D eigenvalue weighted by Gasteiger charge is 2.31. The lowest BCUT2D eigenvalue weighted by Gasteiger charge is -2.26. The van der Waals surface area contributed by atoms with E-state index in [2.05, 4.69) is 27.4 Å². The second-order valence-corrected chi connectivity index (χ2v) is 7.16. The molecule has 130 valence electrons. The predicted molar refractivity (Wildman–Crippen MR) is 107 cm³/mol. The molecule has 0 amide bonds. The zero-order valence-corrected chi connectivity index (χ0v) is 16.8. The first-order chi connectivity index (χ1) is 10.2. The third-order valence-corrected chi connectivity index (χ3v) is 5.36. The Hall–Kier alpha value is 0.270. The number of rotatable bonds is 6. The van der Waals surface area contributed by atoms with Crippen LogP contribution in [0.3, 0.4) is 0 Å². The third-order valence-electron chi connectivity index (χ3n) is 4.13. The summed E-state index contributed by atoms with van der Waals surface area (Å²) in [5.74, 6) is 2.69. The Bertz CT molecular complexity index is 332. The minimum Gasteiger partial charge on any atom is -0.387 e. The van der Waals surface area contributed by atoms with Crippen LogP contribution in [-0.4, -0.2) is 72.3 Å². The molecule has 0 aromatic heterocycles. The molecular formula is C15H31IN4OS. The van der Waals surface area contributed by atoms with E-state index in [1.807, 2.05) is 11.8 Å². The summed E-state index contributed by atoms with van der Waals surface area (Å²) in [7, 11) is 0. The van der Waals surface area contributed by atoms with Crippen molar-refractivity contribution in [2.45, 2.75) is 38.2 Å². The van der Waals surface area contributed by atoms with Gasteiger partial charge in [0.05, 0.1) is 12.1 Å². The summed E-state index contributed by atoms with van der Waals surface area (Å²) in [4.78, 5) is 7.08. The van der Waals surface area contributed by atoms with Crippen LogP contribution in [-0.2, 0) is 0 Å². The summed E-state index contributed by atoms with van der Waals surface area (Å²) in [6, 6.07) is 0. The van der Waals surface area contributed by atoms with E-state index in [9.17, 15) is 5.11 Å². The first-order valence-corrected chi connectivity index (χ1v) is 9.42. The van der Waals surface area contributed by atoms with Gasteiger partial charge in [0.15, 0.2) is 5.96 Å². The van der Waals surface area contributed by atoms with Crippen LogP contribution in [0, 0.1) is 0 Å². The number of nitrogens with one attached hydrogen (secondary N) is 2. The second kappa shape index (κ2) is 10.9. The molecule has 2 fully saturated rings. The fourth-order valence-electron chi connectivity index (χ4n) is 2.80. The minimum atomic E-state index is -0.597. The van der Waals surface area contributed by atoms with Gasteiger partial charge in [0.25, 0.3) is 0 Å². The molecule has 3 N–H and O–H groups in total. The van der Waals surface area contributed by atoms with Gasteiger partial charge in [-0.05, 0) is 45.0 Å². The average molecular weight is 442 g/mol. The van der Waals surface area contributed by atoms with Crippen LogP contribution in [0.4, 0.5) is 0 Å². The van der Waals surface area contributed by atoms with Gasteiger partial charge in [-0.1, -0.05) is 6.42 Å². The zero-order valence-electron chi connectivity index (χ0n) is 13.6. The molecule has 1 atom stereocenters. The summed E-state index contributed by atoms with van der Waals surface area (Å²) < 4.78 is 0. The van der Waals surface area contributed by atoms with E-state index in [4.69, 9.17) is 0 Å². The summed E-state index contributed by atoms with van der Waals surface area (Å²) >= 11 is 1.82. The molecule has 2 aliphatic heterocycles. The Morgan fingerprint density at radius 1 is 1.27 bits per heavy atom. The molecule has 22 heavy (non-hydrogen) atoms. The Morgan fingerprint density at radius 2 is 2.05 bits per heavy atom. The molecule has 5 nitrogen and oxygen atoms in total. The van der Waals surface area contributed by atoms with Gasteiger partial charge >= 0.3 is 0 Å². The summed E-state index contributed by atoms with van der Waals surface area (Å²) in [6.45, 7) is 7.87. The van der Waals surface area contributed by atoms with Crippen molar-refractivity contribution in [1.29, 1.82) is 0 Å². The highest BCUT2D eigenvalue weighted by atomic mass is 127. The maximum absolute atomic E-state index is 10.3. The number of guanidine groups is 1. The lowest BCUT2D eigenvalue weighted by molar-refractivity contribution is 0.0778. The Labute approximate surface area is 156 Å². The molecule has 0 aromatic rings. The van der Waals surface area contributed by atoms with Gasteiger partial charge < -0.3 is 20.6 Å². The van der Waals surface area contributed by atoms with E-state index in [-0.39, 0.29) is 24.0 Å². The number of aliphatic hydroxyl groups is 1. The van der Waals surface area contributed by atoms with Crippen molar-refractivity contribution in [3.8, 4) is 0 Å². The van der Waals surface area contributed by atoms with Crippen molar-refractivity contribution >= 4 is 41.7 Å². The number of hydrogen-bond donors (Lipinski definition) is 3. The quantitative estimate of drug-likeness (QED) is 0.331. The number of aliphatic imine (C=N–C) groups is 1. The predicted octanol–water partition coefficient (Wildman–Crippen LogP) is 1.51. The minimum absolute atomic E-state index is 0. The van der Waals surface area contributed by atoms with Crippen LogP contribution in [0.2, 0.25) is 0 Å². The monoisotopic (exact) mass is 442 g/mol. The lowest BCUT2D eigenvalue weighted by atomic mass is 10.1. The molecule has 0 aliphatic carbocycles. The fourth-order valence-corrected chi connectivity index (χ4v) is 4.09. The van der Waals surface area contributed by atoms with E-state index in [0.717, 1.165) is 43.5 Å².